The van der Waals surface area contributed by atoms with Gasteiger partial charge in [-0.25, -0.2) is 15.0 Å². The summed E-state index contributed by atoms with van der Waals surface area (Å²) in [6.45, 7) is 6.25. The minimum atomic E-state index is 0.589. The molecule has 2 rings (SSSR count). The lowest BCUT2D eigenvalue weighted by Gasteiger charge is -2.10. The van der Waals surface area contributed by atoms with Crippen LogP contribution in [0.15, 0.2) is 15.8 Å². The molecule has 2 aromatic heterocycles. The van der Waals surface area contributed by atoms with E-state index in [1.807, 2.05) is 19.0 Å². The highest BCUT2D eigenvalue weighted by Gasteiger charge is 2.05. The molecule has 0 aromatic carbocycles. The zero-order valence-electron chi connectivity index (χ0n) is 14.1. The van der Waals surface area contributed by atoms with Gasteiger partial charge in [-0.3, -0.25) is 0 Å². The molecule has 8 heteroatoms. The molecule has 0 saturated carbocycles. The molecular weight excluding hydrogens is 328 g/mol. The van der Waals surface area contributed by atoms with E-state index in [1.54, 1.807) is 22.7 Å². The van der Waals surface area contributed by atoms with E-state index in [1.165, 1.54) is 0 Å². The van der Waals surface area contributed by atoms with Crippen molar-refractivity contribution in [1.29, 1.82) is 0 Å². The molecule has 0 amide bonds. The van der Waals surface area contributed by atoms with E-state index in [2.05, 4.69) is 50.2 Å². The second-order valence-electron chi connectivity index (χ2n) is 5.15. The van der Waals surface area contributed by atoms with Gasteiger partial charge >= 0.3 is 0 Å². The van der Waals surface area contributed by atoms with E-state index < -0.39 is 0 Å². The Hall–Kier alpha value is -1.67. The zero-order chi connectivity index (χ0) is 16.7. The summed E-state index contributed by atoms with van der Waals surface area (Å²) >= 11 is 3.34. The predicted molar refractivity (Wildman–Crippen MR) is 99.6 cm³/mol. The summed E-state index contributed by atoms with van der Waals surface area (Å²) in [4.78, 5) is 15.7. The Bertz CT molecular complexity index is 631. The van der Waals surface area contributed by atoms with Gasteiger partial charge in [0.1, 0.15) is 0 Å². The second kappa shape index (κ2) is 8.83. The first-order chi connectivity index (χ1) is 11.1. The molecule has 0 radical (unpaired) electrons. The van der Waals surface area contributed by atoms with Gasteiger partial charge < -0.3 is 15.5 Å². The first kappa shape index (κ1) is 17.7. The Balaban J connectivity index is 1.92. The van der Waals surface area contributed by atoms with Crippen molar-refractivity contribution in [1.82, 2.24) is 20.6 Å². The summed E-state index contributed by atoms with van der Waals surface area (Å²) in [6, 6.07) is 0. The van der Waals surface area contributed by atoms with Crippen LogP contribution in [0.25, 0.3) is 0 Å². The van der Waals surface area contributed by atoms with Crippen LogP contribution in [0.3, 0.4) is 0 Å². The van der Waals surface area contributed by atoms with Crippen molar-refractivity contribution in [2.45, 2.75) is 33.4 Å². The van der Waals surface area contributed by atoms with E-state index in [4.69, 9.17) is 0 Å². The molecule has 0 aliphatic rings. The van der Waals surface area contributed by atoms with Crippen LogP contribution in [0.1, 0.15) is 30.2 Å². The molecule has 0 aliphatic heterocycles. The van der Waals surface area contributed by atoms with E-state index in [-0.39, 0.29) is 0 Å². The minimum Gasteiger partial charge on any atom is -0.357 e. The summed E-state index contributed by atoms with van der Waals surface area (Å²) in [5.74, 6) is 0.790. The summed E-state index contributed by atoms with van der Waals surface area (Å²) in [5, 5.41) is 12.9. The van der Waals surface area contributed by atoms with Gasteiger partial charge in [0.05, 0.1) is 29.5 Å². The number of rotatable bonds is 7. The Kier molecular flexibility index (Phi) is 6.79. The molecule has 23 heavy (non-hydrogen) atoms. The molecular formula is C15H24N6S2. The fraction of sp³-hybridized carbons (Fsp3) is 0.533. The van der Waals surface area contributed by atoms with Crippen LogP contribution in [0.4, 0.5) is 5.13 Å². The van der Waals surface area contributed by atoms with Crippen molar-refractivity contribution in [2.75, 3.05) is 25.5 Å². The number of aryl methyl sites for hydroxylation is 1. The molecule has 126 valence electrons. The maximum Gasteiger partial charge on any atom is 0.191 e. The lowest BCUT2D eigenvalue weighted by molar-refractivity contribution is 0.799. The zero-order valence-corrected chi connectivity index (χ0v) is 15.7. The Morgan fingerprint density at radius 2 is 1.91 bits per heavy atom. The molecule has 0 atom stereocenters. The number of guanidine groups is 1. The monoisotopic (exact) mass is 352 g/mol. The SMILES string of the molecule is CCNC(=NCc1csc(CC)n1)NCc1csc(N(C)C)n1. The van der Waals surface area contributed by atoms with Gasteiger partial charge in [0.2, 0.25) is 0 Å². The summed E-state index contributed by atoms with van der Waals surface area (Å²) in [6.07, 6.45) is 0.977. The molecule has 6 nitrogen and oxygen atoms in total. The highest BCUT2D eigenvalue weighted by Crippen LogP contribution is 2.17. The normalized spacial score (nSPS) is 11.6. The third kappa shape index (κ3) is 5.47. The lowest BCUT2D eigenvalue weighted by Crippen LogP contribution is -2.36. The highest BCUT2D eigenvalue weighted by molar-refractivity contribution is 7.13. The molecule has 0 aliphatic carbocycles. The van der Waals surface area contributed by atoms with Crippen molar-refractivity contribution in [2.24, 2.45) is 4.99 Å². The molecule has 0 bridgehead atoms. The number of nitrogens with zero attached hydrogens (tertiary/aromatic N) is 4. The number of aromatic nitrogens is 2. The van der Waals surface area contributed by atoms with Crippen LogP contribution in [-0.2, 0) is 19.5 Å². The van der Waals surface area contributed by atoms with Gasteiger partial charge in [0.25, 0.3) is 0 Å². The van der Waals surface area contributed by atoms with Gasteiger partial charge in [0.15, 0.2) is 11.1 Å². The first-order valence-corrected chi connectivity index (χ1v) is 9.45. The fourth-order valence-corrected chi connectivity index (χ4v) is 3.34. The molecule has 2 N–H and O–H groups in total. The summed E-state index contributed by atoms with van der Waals surface area (Å²) < 4.78 is 0. The van der Waals surface area contributed by atoms with Crippen LogP contribution in [0.2, 0.25) is 0 Å². The minimum absolute atomic E-state index is 0.589. The van der Waals surface area contributed by atoms with Crippen molar-refractivity contribution >= 4 is 33.8 Å². The molecule has 0 spiro atoms. The van der Waals surface area contributed by atoms with Crippen LogP contribution in [-0.4, -0.2) is 36.6 Å². The van der Waals surface area contributed by atoms with Crippen molar-refractivity contribution in [3.63, 3.8) is 0 Å². The third-order valence-corrected chi connectivity index (χ3v) is 5.10. The van der Waals surface area contributed by atoms with Crippen molar-refractivity contribution in [3.05, 3.63) is 27.2 Å². The van der Waals surface area contributed by atoms with Gasteiger partial charge in [-0.05, 0) is 13.3 Å². The first-order valence-electron chi connectivity index (χ1n) is 7.69. The molecule has 2 heterocycles. The predicted octanol–water partition coefficient (Wildman–Crippen LogP) is 2.48. The standard InChI is InChI=1S/C15H24N6S2/c1-5-13-19-11(9-22-13)7-17-14(16-6-2)18-8-12-10-23-15(20-12)21(3)4/h9-10H,5-8H2,1-4H3,(H2,16,17,18). The quantitative estimate of drug-likeness (QED) is 0.592. The van der Waals surface area contributed by atoms with E-state index in [0.717, 1.165) is 40.5 Å². The Labute approximate surface area is 145 Å². The molecule has 2 aromatic rings. The second-order valence-corrected chi connectivity index (χ2v) is 6.93. The fourth-order valence-electron chi connectivity index (χ4n) is 1.84. The van der Waals surface area contributed by atoms with Crippen LogP contribution >= 0.6 is 22.7 Å². The maximum atomic E-state index is 4.59. The van der Waals surface area contributed by atoms with Gasteiger partial charge in [-0.1, -0.05) is 6.92 Å². The van der Waals surface area contributed by atoms with Gasteiger partial charge in [-0.15, -0.1) is 22.7 Å². The average molecular weight is 353 g/mol. The maximum absolute atomic E-state index is 4.59. The van der Waals surface area contributed by atoms with E-state index in [0.29, 0.717) is 13.1 Å². The van der Waals surface area contributed by atoms with Gasteiger partial charge in [-0.2, -0.15) is 0 Å². The van der Waals surface area contributed by atoms with E-state index in [9.17, 15) is 0 Å². The lowest BCUT2D eigenvalue weighted by atomic mass is 10.4. The van der Waals surface area contributed by atoms with Crippen LogP contribution in [0, 0.1) is 0 Å². The largest absolute Gasteiger partial charge is 0.357 e. The Morgan fingerprint density at radius 1 is 1.13 bits per heavy atom. The van der Waals surface area contributed by atoms with Crippen molar-refractivity contribution in [3.8, 4) is 0 Å². The van der Waals surface area contributed by atoms with Crippen LogP contribution < -0.4 is 15.5 Å². The van der Waals surface area contributed by atoms with Crippen molar-refractivity contribution < 1.29 is 0 Å². The topological polar surface area (TPSA) is 65.4 Å². The number of aliphatic imine (C=N–C) groups is 1. The van der Waals surface area contributed by atoms with Crippen LogP contribution in [0.5, 0.6) is 0 Å². The number of hydrogen-bond acceptors (Lipinski definition) is 6. The number of thiazole rings is 2. The number of nitrogens with one attached hydrogen (secondary N) is 2. The number of anilines is 1. The average Bonchev–Trinajstić information content (AvgIpc) is 3.19. The Morgan fingerprint density at radius 3 is 2.52 bits per heavy atom. The molecule has 0 unspecified atom stereocenters. The van der Waals surface area contributed by atoms with Gasteiger partial charge in [0, 0.05) is 31.4 Å². The summed E-state index contributed by atoms with van der Waals surface area (Å²) in [7, 11) is 4.00. The smallest absolute Gasteiger partial charge is 0.191 e. The highest BCUT2D eigenvalue weighted by atomic mass is 32.1. The number of hydrogen-bond donors (Lipinski definition) is 2. The third-order valence-electron chi connectivity index (χ3n) is 3.00. The van der Waals surface area contributed by atoms with E-state index >= 15 is 0 Å². The summed E-state index contributed by atoms with van der Waals surface area (Å²) in [5.41, 5.74) is 2.04. The molecule has 0 fully saturated rings. The molecule has 0 saturated heterocycles.